The van der Waals surface area contributed by atoms with Crippen molar-refractivity contribution in [1.29, 1.82) is 0 Å². The van der Waals surface area contributed by atoms with Gasteiger partial charge in [-0.1, -0.05) is 43.7 Å². The molecular weight excluding hydrogens is 216 g/mol. The van der Waals surface area contributed by atoms with Crippen molar-refractivity contribution in [2.75, 3.05) is 11.5 Å². The lowest BCUT2D eigenvalue weighted by Crippen LogP contribution is -2.07. The maximum atomic E-state index is 11.7. The van der Waals surface area contributed by atoms with Crippen LogP contribution in [0.5, 0.6) is 0 Å². The van der Waals surface area contributed by atoms with E-state index in [-0.39, 0.29) is 0 Å². The number of hydrogen-bond acceptors (Lipinski definition) is 2. The van der Waals surface area contributed by atoms with Gasteiger partial charge in [0.05, 0.1) is 5.75 Å². The molecule has 0 heterocycles. The Morgan fingerprint density at radius 2 is 2.12 bits per heavy atom. The van der Waals surface area contributed by atoms with Crippen molar-refractivity contribution in [1.82, 2.24) is 0 Å². The summed E-state index contributed by atoms with van der Waals surface area (Å²) in [5.74, 6) is 2.71. The summed E-state index contributed by atoms with van der Waals surface area (Å²) in [6.07, 6.45) is 0.576. The highest BCUT2D eigenvalue weighted by molar-refractivity contribution is 7.99. The van der Waals surface area contributed by atoms with Gasteiger partial charge in [0.2, 0.25) is 0 Å². The Morgan fingerprint density at radius 3 is 2.75 bits per heavy atom. The molecule has 0 aliphatic heterocycles. The van der Waals surface area contributed by atoms with Gasteiger partial charge in [0.15, 0.2) is 0 Å². The van der Waals surface area contributed by atoms with E-state index in [2.05, 4.69) is 32.9 Å². The molecule has 88 valence electrons. The molecule has 0 unspecified atom stereocenters. The first-order valence-corrected chi connectivity index (χ1v) is 6.88. The van der Waals surface area contributed by atoms with Crippen LogP contribution in [0.2, 0.25) is 0 Å². The molecule has 2 heteroatoms. The van der Waals surface area contributed by atoms with Gasteiger partial charge >= 0.3 is 0 Å². The Morgan fingerprint density at radius 1 is 1.38 bits per heavy atom. The Hall–Kier alpha value is -0.760. The van der Waals surface area contributed by atoms with E-state index in [0.29, 0.717) is 23.9 Å². The van der Waals surface area contributed by atoms with Crippen molar-refractivity contribution < 1.29 is 4.79 Å². The van der Waals surface area contributed by atoms with Crippen LogP contribution in [0.25, 0.3) is 0 Å². The molecule has 0 saturated heterocycles. The smallest absolute Gasteiger partial charge is 0.147 e. The predicted octanol–water partition coefficient (Wildman–Crippen LogP) is 3.50. The number of aryl methyl sites for hydroxylation is 1. The maximum absolute atomic E-state index is 11.7. The SMILES string of the molecule is Cc1cccc(CC(=O)CSCC(C)C)c1. The van der Waals surface area contributed by atoms with Crippen LogP contribution < -0.4 is 0 Å². The average Bonchev–Trinajstić information content (AvgIpc) is 2.16. The molecule has 0 saturated carbocycles. The molecule has 16 heavy (non-hydrogen) atoms. The van der Waals surface area contributed by atoms with Crippen molar-refractivity contribution in [3.63, 3.8) is 0 Å². The topological polar surface area (TPSA) is 17.1 Å². The number of ketones is 1. The van der Waals surface area contributed by atoms with E-state index in [1.807, 2.05) is 12.1 Å². The Balaban J connectivity index is 2.34. The predicted molar refractivity (Wildman–Crippen MR) is 72.1 cm³/mol. The zero-order chi connectivity index (χ0) is 12.0. The van der Waals surface area contributed by atoms with E-state index in [1.54, 1.807) is 11.8 Å². The molecule has 0 atom stereocenters. The first kappa shape index (κ1) is 13.3. The summed E-state index contributed by atoms with van der Waals surface area (Å²) in [6.45, 7) is 6.41. The van der Waals surface area contributed by atoms with Gasteiger partial charge in [-0.25, -0.2) is 0 Å². The summed E-state index contributed by atoms with van der Waals surface area (Å²) in [6, 6.07) is 8.18. The molecular formula is C14H20OS. The highest BCUT2D eigenvalue weighted by Gasteiger charge is 2.04. The number of thioether (sulfide) groups is 1. The third-order valence-electron chi connectivity index (χ3n) is 2.20. The van der Waals surface area contributed by atoms with Gasteiger partial charge in [-0.15, -0.1) is 0 Å². The molecule has 0 radical (unpaired) electrons. The molecule has 0 aliphatic carbocycles. The molecule has 0 aromatic heterocycles. The second-order valence-electron chi connectivity index (χ2n) is 4.61. The van der Waals surface area contributed by atoms with Crippen LogP contribution >= 0.6 is 11.8 Å². The molecule has 0 N–H and O–H groups in total. The minimum absolute atomic E-state index is 0.330. The lowest BCUT2D eigenvalue weighted by molar-refractivity contribution is -0.116. The molecule has 1 rings (SSSR count). The fraction of sp³-hybridized carbons (Fsp3) is 0.500. The number of carbonyl (C=O) groups is 1. The Kier molecular flexibility index (Phi) is 5.61. The highest BCUT2D eigenvalue weighted by atomic mass is 32.2. The summed E-state index contributed by atoms with van der Waals surface area (Å²) in [5, 5.41) is 0. The molecule has 0 spiro atoms. The molecule has 1 aromatic carbocycles. The van der Waals surface area contributed by atoms with E-state index < -0.39 is 0 Å². The Bertz CT molecular complexity index is 344. The summed E-state index contributed by atoms with van der Waals surface area (Å²) >= 11 is 1.74. The van der Waals surface area contributed by atoms with Crippen LogP contribution in [0.3, 0.4) is 0 Å². The minimum atomic E-state index is 0.330. The standard InChI is InChI=1S/C14H20OS/c1-11(2)9-16-10-14(15)8-13-6-4-5-12(3)7-13/h4-7,11H,8-10H2,1-3H3. The third-order valence-corrected chi connectivity index (χ3v) is 3.63. The lowest BCUT2D eigenvalue weighted by atomic mass is 10.1. The van der Waals surface area contributed by atoms with Crippen molar-refractivity contribution in [3.8, 4) is 0 Å². The van der Waals surface area contributed by atoms with Crippen LogP contribution in [-0.2, 0) is 11.2 Å². The highest BCUT2D eigenvalue weighted by Crippen LogP contribution is 2.10. The molecule has 1 nitrogen and oxygen atoms in total. The van der Waals surface area contributed by atoms with E-state index in [9.17, 15) is 4.79 Å². The van der Waals surface area contributed by atoms with Crippen molar-refractivity contribution in [2.24, 2.45) is 5.92 Å². The van der Waals surface area contributed by atoms with E-state index in [1.165, 1.54) is 5.56 Å². The van der Waals surface area contributed by atoms with Gasteiger partial charge < -0.3 is 0 Å². The quantitative estimate of drug-likeness (QED) is 0.752. The van der Waals surface area contributed by atoms with E-state index in [4.69, 9.17) is 0 Å². The van der Waals surface area contributed by atoms with Crippen LogP contribution in [0.15, 0.2) is 24.3 Å². The van der Waals surface area contributed by atoms with Crippen LogP contribution in [-0.4, -0.2) is 17.3 Å². The monoisotopic (exact) mass is 236 g/mol. The molecule has 1 aromatic rings. The minimum Gasteiger partial charge on any atom is -0.298 e. The summed E-state index contributed by atoms with van der Waals surface area (Å²) in [5.41, 5.74) is 2.36. The lowest BCUT2D eigenvalue weighted by Gasteiger charge is -2.04. The summed E-state index contributed by atoms with van der Waals surface area (Å²) in [7, 11) is 0. The number of carbonyl (C=O) groups excluding carboxylic acids is 1. The number of hydrogen-bond donors (Lipinski definition) is 0. The second-order valence-corrected chi connectivity index (χ2v) is 5.64. The summed E-state index contributed by atoms with van der Waals surface area (Å²) < 4.78 is 0. The molecule has 0 aliphatic rings. The van der Waals surface area contributed by atoms with Crippen LogP contribution in [0.4, 0.5) is 0 Å². The van der Waals surface area contributed by atoms with Crippen molar-refractivity contribution >= 4 is 17.5 Å². The number of benzene rings is 1. The van der Waals surface area contributed by atoms with Gasteiger partial charge in [-0.05, 0) is 24.2 Å². The normalized spacial score (nSPS) is 10.8. The van der Waals surface area contributed by atoms with Gasteiger partial charge in [0, 0.05) is 6.42 Å². The molecule has 0 fully saturated rings. The van der Waals surface area contributed by atoms with Crippen LogP contribution in [0.1, 0.15) is 25.0 Å². The first-order valence-electron chi connectivity index (χ1n) is 5.73. The van der Waals surface area contributed by atoms with Gasteiger partial charge in [-0.3, -0.25) is 4.79 Å². The number of rotatable bonds is 6. The van der Waals surface area contributed by atoms with Gasteiger partial charge in [0.1, 0.15) is 5.78 Å². The fourth-order valence-corrected chi connectivity index (χ4v) is 2.43. The van der Waals surface area contributed by atoms with E-state index >= 15 is 0 Å². The van der Waals surface area contributed by atoms with Crippen molar-refractivity contribution in [3.05, 3.63) is 35.4 Å². The maximum Gasteiger partial charge on any atom is 0.147 e. The largest absolute Gasteiger partial charge is 0.298 e. The number of Topliss-reactive ketones (excluding diaryl/α,β-unsaturated/α-hetero) is 1. The van der Waals surface area contributed by atoms with Crippen LogP contribution in [0, 0.1) is 12.8 Å². The second kappa shape index (κ2) is 6.74. The Labute approximate surface area is 103 Å². The average molecular weight is 236 g/mol. The zero-order valence-electron chi connectivity index (χ0n) is 10.3. The third kappa shape index (κ3) is 5.36. The van der Waals surface area contributed by atoms with Gasteiger partial charge in [0.25, 0.3) is 0 Å². The summed E-state index contributed by atoms with van der Waals surface area (Å²) in [4.78, 5) is 11.7. The van der Waals surface area contributed by atoms with Crippen molar-refractivity contribution in [2.45, 2.75) is 27.2 Å². The fourth-order valence-electron chi connectivity index (χ4n) is 1.51. The van der Waals surface area contributed by atoms with E-state index in [0.717, 1.165) is 11.3 Å². The first-order chi connectivity index (χ1) is 7.58. The molecule has 0 bridgehead atoms. The zero-order valence-corrected chi connectivity index (χ0v) is 11.1. The van der Waals surface area contributed by atoms with Gasteiger partial charge in [-0.2, -0.15) is 11.8 Å². The molecule has 0 amide bonds.